The van der Waals surface area contributed by atoms with Crippen LogP contribution < -0.4 is 5.32 Å². The third-order valence-electron chi connectivity index (χ3n) is 2.92. The van der Waals surface area contributed by atoms with Crippen molar-refractivity contribution in [1.82, 2.24) is 10.3 Å². The molecule has 0 saturated carbocycles. The highest BCUT2D eigenvalue weighted by atomic mass is 79.9. The van der Waals surface area contributed by atoms with E-state index in [4.69, 9.17) is 0 Å². The van der Waals surface area contributed by atoms with Gasteiger partial charge in [0.15, 0.2) is 0 Å². The Morgan fingerprint density at radius 3 is 2.63 bits per heavy atom. The zero-order valence-electron chi connectivity index (χ0n) is 10.6. The number of halogens is 1. The quantitative estimate of drug-likeness (QED) is 0.873. The first-order valence-corrected chi connectivity index (χ1v) is 6.98. The standard InChI is InChI=1S/C15H15BrN2O/c1-2-13(11-7-4-3-5-8-11)18-15(19)12-9-6-10-17-14(12)16/h3-10,13H,2H2,1H3,(H,18,19). The molecule has 0 saturated heterocycles. The van der Waals surface area contributed by atoms with Crippen molar-refractivity contribution in [2.24, 2.45) is 0 Å². The highest BCUT2D eigenvalue weighted by Gasteiger charge is 2.15. The molecule has 0 bridgehead atoms. The van der Waals surface area contributed by atoms with Crippen LogP contribution in [0, 0.1) is 0 Å². The lowest BCUT2D eigenvalue weighted by molar-refractivity contribution is 0.0934. The van der Waals surface area contributed by atoms with Crippen LogP contribution in [-0.2, 0) is 0 Å². The van der Waals surface area contributed by atoms with Gasteiger partial charge in [0.1, 0.15) is 4.60 Å². The van der Waals surface area contributed by atoms with Crippen molar-refractivity contribution in [2.45, 2.75) is 19.4 Å². The summed E-state index contributed by atoms with van der Waals surface area (Å²) in [6.45, 7) is 2.05. The van der Waals surface area contributed by atoms with Crippen molar-refractivity contribution in [3.63, 3.8) is 0 Å². The van der Waals surface area contributed by atoms with Crippen molar-refractivity contribution in [1.29, 1.82) is 0 Å². The van der Waals surface area contributed by atoms with Crippen LogP contribution in [0.15, 0.2) is 53.3 Å². The monoisotopic (exact) mass is 318 g/mol. The molecule has 4 heteroatoms. The van der Waals surface area contributed by atoms with Crippen LogP contribution in [0.5, 0.6) is 0 Å². The van der Waals surface area contributed by atoms with E-state index < -0.39 is 0 Å². The largest absolute Gasteiger partial charge is 0.345 e. The molecule has 1 N–H and O–H groups in total. The molecular formula is C15H15BrN2O. The molecule has 1 amide bonds. The molecule has 19 heavy (non-hydrogen) atoms. The van der Waals surface area contributed by atoms with Gasteiger partial charge >= 0.3 is 0 Å². The van der Waals surface area contributed by atoms with Gasteiger partial charge in [0.2, 0.25) is 0 Å². The summed E-state index contributed by atoms with van der Waals surface area (Å²) in [5.74, 6) is -0.115. The Morgan fingerprint density at radius 2 is 2.00 bits per heavy atom. The normalized spacial score (nSPS) is 11.9. The highest BCUT2D eigenvalue weighted by molar-refractivity contribution is 9.10. The van der Waals surface area contributed by atoms with Crippen LogP contribution in [0.4, 0.5) is 0 Å². The Labute approximate surface area is 121 Å². The van der Waals surface area contributed by atoms with Crippen LogP contribution in [0.3, 0.4) is 0 Å². The van der Waals surface area contributed by atoms with Gasteiger partial charge in [-0.15, -0.1) is 0 Å². The lowest BCUT2D eigenvalue weighted by Crippen LogP contribution is -2.28. The molecule has 1 atom stereocenters. The summed E-state index contributed by atoms with van der Waals surface area (Å²) < 4.78 is 0.565. The van der Waals surface area contributed by atoms with E-state index in [-0.39, 0.29) is 11.9 Å². The van der Waals surface area contributed by atoms with Crippen molar-refractivity contribution >= 4 is 21.8 Å². The van der Waals surface area contributed by atoms with E-state index in [1.165, 1.54) is 0 Å². The Bertz CT molecular complexity index is 557. The second-order valence-electron chi connectivity index (χ2n) is 4.19. The minimum atomic E-state index is -0.115. The maximum Gasteiger partial charge on any atom is 0.254 e. The second kappa shape index (κ2) is 6.48. The fourth-order valence-corrected chi connectivity index (χ4v) is 2.33. The third kappa shape index (κ3) is 3.41. The van der Waals surface area contributed by atoms with Crippen molar-refractivity contribution in [3.8, 4) is 0 Å². The number of nitrogens with one attached hydrogen (secondary N) is 1. The molecule has 1 aromatic heterocycles. The number of hydrogen-bond donors (Lipinski definition) is 1. The van der Waals surface area contributed by atoms with E-state index in [0.29, 0.717) is 10.2 Å². The van der Waals surface area contributed by atoms with Crippen LogP contribution in [0.2, 0.25) is 0 Å². The number of carbonyl (C=O) groups is 1. The molecule has 1 heterocycles. The van der Waals surface area contributed by atoms with Crippen molar-refractivity contribution in [2.75, 3.05) is 0 Å². The lowest BCUT2D eigenvalue weighted by Gasteiger charge is -2.17. The zero-order valence-corrected chi connectivity index (χ0v) is 12.2. The molecule has 0 fully saturated rings. The molecule has 0 spiro atoms. The van der Waals surface area contributed by atoms with E-state index in [9.17, 15) is 4.79 Å². The highest BCUT2D eigenvalue weighted by Crippen LogP contribution is 2.18. The molecule has 0 aliphatic rings. The summed E-state index contributed by atoms with van der Waals surface area (Å²) in [7, 11) is 0. The van der Waals surface area contributed by atoms with Gasteiger partial charge in [0, 0.05) is 6.20 Å². The molecule has 1 aromatic carbocycles. The summed E-state index contributed by atoms with van der Waals surface area (Å²) in [5, 5.41) is 3.03. The van der Waals surface area contributed by atoms with Crippen molar-refractivity contribution < 1.29 is 4.79 Å². The predicted octanol–water partition coefficient (Wildman–Crippen LogP) is 3.73. The summed E-state index contributed by atoms with van der Waals surface area (Å²) in [6.07, 6.45) is 2.49. The Balaban J connectivity index is 2.16. The lowest BCUT2D eigenvalue weighted by atomic mass is 10.0. The molecule has 0 aliphatic carbocycles. The molecule has 0 aliphatic heterocycles. The van der Waals surface area contributed by atoms with Gasteiger partial charge in [0.05, 0.1) is 11.6 Å². The van der Waals surface area contributed by atoms with E-state index >= 15 is 0 Å². The molecule has 2 rings (SSSR count). The summed E-state index contributed by atoms with van der Waals surface area (Å²) in [5.41, 5.74) is 1.66. The average molecular weight is 319 g/mol. The Hall–Kier alpha value is -1.68. The first-order valence-electron chi connectivity index (χ1n) is 6.18. The summed E-state index contributed by atoms with van der Waals surface area (Å²) in [4.78, 5) is 16.3. The second-order valence-corrected chi connectivity index (χ2v) is 4.94. The predicted molar refractivity (Wildman–Crippen MR) is 78.9 cm³/mol. The van der Waals surface area contributed by atoms with E-state index in [0.717, 1.165) is 12.0 Å². The minimum absolute atomic E-state index is 0.0146. The third-order valence-corrected chi connectivity index (χ3v) is 3.55. The summed E-state index contributed by atoms with van der Waals surface area (Å²) >= 11 is 3.29. The maximum absolute atomic E-state index is 12.2. The molecular weight excluding hydrogens is 304 g/mol. The smallest absolute Gasteiger partial charge is 0.254 e. The Morgan fingerprint density at radius 1 is 1.26 bits per heavy atom. The number of carbonyl (C=O) groups excluding carboxylic acids is 1. The SMILES string of the molecule is CCC(NC(=O)c1cccnc1Br)c1ccccc1. The molecule has 3 nitrogen and oxygen atoms in total. The number of rotatable bonds is 4. The first kappa shape index (κ1) is 13.7. The fraction of sp³-hybridized carbons (Fsp3) is 0.200. The maximum atomic E-state index is 12.2. The molecule has 1 unspecified atom stereocenters. The van der Waals surface area contributed by atoms with Gasteiger partial charge in [-0.3, -0.25) is 4.79 Å². The van der Waals surface area contributed by atoms with Crippen LogP contribution in [-0.4, -0.2) is 10.9 Å². The van der Waals surface area contributed by atoms with Gasteiger partial charge in [0.25, 0.3) is 5.91 Å². The Kier molecular flexibility index (Phi) is 4.68. The first-order chi connectivity index (χ1) is 9.22. The molecule has 2 aromatic rings. The number of amides is 1. The average Bonchev–Trinajstić information content (AvgIpc) is 2.46. The zero-order chi connectivity index (χ0) is 13.7. The van der Waals surface area contributed by atoms with Crippen LogP contribution >= 0.6 is 15.9 Å². The van der Waals surface area contributed by atoms with Gasteiger partial charge in [-0.1, -0.05) is 37.3 Å². The number of pyridine rings is 1. The van der Waals surface area contributed by atoms with E-state index in [1.807, 2.05) is 30.3 Å². The van der Waals surface area contributed by atoms with E-state index in [2.05, 4.69) is 33.2 Å². The number of aromatic nitrogens is 1. The van der Waals surface area contributed by atoms with Crippen LogP contribution in [0.25, 0.3) is 0 Å². The van der Waals surface area contributed by atoms with Gasteiger partial charge in [-0.05, 0) is 40.0 Å². The van der Waals surface area contributed by atoms with Crippen molar-refractivity contribution in [3.05, 3.63) is 64.4 Å². The number of nitrogens with zero attached hydrogens (tertiary/aromatic N) is 1. The molecule has 98 valence electrons. The fourth-order valence-electron chi connectivity index (χ4n) is 1.90. The van der Waals surface area contributed by atoms with Gasteiger partial charge < -0.3 is 5.32 Å². The number of benzene rings is 1. The topological polar surface area (TPSA) is 42.0 Å². The minimum Gasteiger partial charge on any atom is -0.345 e. The van der Waals surface area contributed by atoms with Gasteiger partial charge in [-0.25, -0.2) is 4.98 Å². The van der Waals surface area contributed by atoms with E-state index in [1.54, 1.807) is 18.3 Å². The van der Waals surface area contributed by atoms with Gasteiger partial charge in [-0.2, -0.15) is 0 Å². The number of hydrogen-bond acceptors (Lipinski definition) is 2. The molecule has 0 radical (unpaired) electrons. The summed E-state index contributed by atoms with van der Waals surface area (Å²) in [6, 6.07) is 13.5. The van der Waals surface area contributed by atoms with Crippen LogP contribution in [0.1, 0.15) is 35.3 Å².